The third-order valence-corrected chi connectivity index (χ3v) is 4.21. The number of hydrogen-bond acceptors (Lipinski definition) is 2. The Morgan fingerprint density at radius 1 is 1.30 bits per heavy atom. The van der Waals surface area contributed by atoms with Gasteiger partial charge in [0.1, 0.15) is 0 Å². The molecule has 0 saturated carbocycles. The molecule has 0 saturated heterocycles. The molecule has 0 aromatic carbocycles. The molecule has 0 aromatic heterocycles. The Kier molecular flexibility index (Phi) is 3.94. The molecule has 0 spiro atoms. The lowest BCUT2D eigenvalue weighted by Crippen LogP contribution is -2.19. The summed E-state index contributed by atoms with van der Waals surface area (Å²) in [6.07, 6.45) is 1.45. The second kappa shape index (κ2) is 3.96. The summed E-state index contributed by atoms with van der Waals surface area (Å²) in [5, 5.41) is -0.160. The van der Waals surface area contributed by atoms with Crippen molar-refractivity contribution in [1.82, 2.24) is 0 Å². The summed E-state index contributed by atoms with van der Waals surface area (Å²) in [7, 11) is -2.76. The SMILES string of the molecule is CCCS(=O)(=O)C(C)CC. The van der Waals surface area contributed by atoms with E-state index in [-0.39, 0.29) is 5.25 Å². The molecule has 0 aliphatic rings. The molecule has 0 aliphatic heterocycles. The second-order valence-electron chi connectivity index (χ2n) is 2.59. The van der Waals surface area contributed by atoms with Gasteiger partial charge in [0, 0.05) is 0 Å². The van der Waals surface area contributed by atoms with Crippen LogP contribution in [0.15, 0.2) is 0 Å². The van der Waals surface area contributed by atoms with Crippen LogP contribution in [-0.2, 0) is 9.84 Å². The van der Waals surface area contributed by atoms with E-state index < -0.39 is 9.84 Å². The molecule has 10 heavy (non-hydrogen) atoms. The zero-order valence-corrected chi connectivity index (χ0v) is 7.74. The first-order valence-electron chi connectivity index (χ1n) is 3.76. The number of hydrogen-bond donors (Lipinski definition) is 0. The quantitative estimate of drug-likeness (QED) is 0.632. The Balaban J connectivity index is 4.12. The van der Waals surface area contributed by atoms with Crippen LogP contribution in [0.4, 0.5) is 0 Å². The van der Waals surface area contributed by atoms with Crippen molar-refractivity contribution in [2.24, 2.45) is 0 Å². The fourth-order valence-electron chi connectivity index (χ4n) is 0.740. The third kappa shape index (κ3) is 2.69. The molecule has 0 bridgehead atoms. The molecule has 3 heteroatoms. The Morgan fingerprint density at radius 3 is 2.10 bits per heavy atom. The summed E-state index contributed by atoms with van der Waals surface area (Å²) < 4.78 is 22.3. The zero-order chi connectivity index (χ0) is 8.20. The molecule has 62 valence electrons. The molecule has 2 nitrogen and oxygen atoms in total. The molecule has 0 rings (SSSR count). The van der Waals surface area contributed by atoms with Gasteiger partial charge in [-0.3, -0.25) is 0 Å². The molecule has 1 unspecified atom stereocenters. The minimum absolute atomic E-state index is 0.160. The van der Waals surface area contributed by atoms with Gasteiger partial charge < -0.3 is 0 Å². The highest BCUT2D eigenvalue weighted by Crippen LogP contribution is 2.06. The van der Waals surface area contributed by atoms with Crippen LogP contribution in [0.5, 0.6) is 0 Å². The van der Waals surface area contributed by atoms with Crippen LogP contribution in [0.1, 0.15) is 33.6 Å². The first-order valence-corrected chi connectivity index (χ1v) is 5.47. The van der Waals surface area contributed by atoms with E-state index in [9.17, 15) is 8.42 Å². The van der Waals surface area contributed by atoms with E-state index in [1.54, 1.807) is 6.92 Å². The maximum atomic E-state index is 11.2. The van der Waals surface area contributed by atoms with Gasteiger partial charge >= 0.3 is 0 Å². The van der Waals surface area contributed by atoms with Crippen molar-refractivity contribution in [2.75, 3.05) is 5.75 Å². The van der Waals surface area contributed by atoms with Gasteiger partial charge in [-0.25, -0.2) is 8.42 Å². The van der Waals surface area contributed by atoms with Crippen molar-refractivity contribution in [2.45, 2.75) is 38.9 Å². The second-order valence-corrected chi connectivity index (χ2v) is 5.12. The van der Waals surface area contributed by atoms with E-state index in [2.05, 4.69) is 0 Å². The van der Waals surface area contributed by atoms with Crippen LogP contribution >= 0.6 is 0 Å². The van der Waals surface area contributed by atoms with Gasteiger partial charge in [-0.1, -0.05) is 13.8 Å². The van der Waals surface area contributed by atoms with Gasteiger partial charge in [0.2, 0.25) is 0 Å². The fraction of sp³-hybridized carbons (Fsp3) is 1.00. The van der Waals surface area contributed by atoms with E-state index in [0.29, 0.717) is 5.75 Å². The smallest absolute Gasteiger partial charge is 0.152 e. The van der Waals surface area contributed by atoms with Gasteiger partial charge in [-0.2, -0.15) is 0 Å². The molecule has 1 atom stereocenters. The summed E-state index contributed by atoms with van der Waals surface area (Å²) in [6.45, 7) is 5.56. The predicted octanol–water partition coefficient (Wildman–Crippen LogP) is 1.61. The highest BCUT2D eigenvalue weighted by atomic mass is 32.2. The number of sulfone groups is 1. The van der Waals surface area contributed by atoms with Gasteiger partial charge in [0.15, 0.2) is 9.84 Å². The van der Waals surface area contributed by atoms with Crippen LogP contribution in [0.3, 0.4) is 0 Å². The normalized spacial score (nSPS) is 15.1. The first-order chi connectivity index (χ1) is 4.54. The van der Waals surface area contributed by atoms with E-state index in [0.717, 1.165) is 12.8 Å². The summed E-state index contributed by atoms with van der Waals surface area (Å²) in [4.78, 5) is 0. The van der Waals surface area contributed by atoms with Crippen molar-refractivity contribution in [3.8, 4) is 0 Å². The first kappa shape index (κ1) is 9.95. The molecular formula is C7H16O2S. The molecule has 0 N–H and O–H groups in total. The predicted molar refractivity (Wildman–Crippen MR) is 43.8 cm³/mol. The lowest BCUT2D eigenvalue weighted by Gasteiger charge is -2.07. The lowest BCUT2D eigenvalue weighted by molar-refractivity contribution is 0.579. The average Bonchev–Trinajstić information content (AvgIpc) is 1.86. The average molecular weight is 164 g/mol. The molecule has 0 amide bonds. The Labute approximate surface area is 63.6 Å². The third-order valence-electron chi connectivity index (χ3n) is 1.68. The van der Waals surface area contributed by atoms with Crippen LogP contribution < -0.4 is 0 Å². The Morgan fingerprint density at radius 2 is 1.80 bits per heavy atom. The van der Waals surface area contributed by atoms with E-state index in [4.69, 9.17) is 0 Å². The fourth-order valence-corrected chi connectivity index (χ4v) is 2.22. The van der Waals surface area contributed by atoms with Gasteiger partial charge in [0.05, 0.1) is 11.0 Å². The summed E-state index contributed by atoms with van der Waals surface area (Å²) in [5.41, 5.74) is 0. The van der Waals surface area contributed by atoms with Crippen molar-refractivity contribution in [1.29, 1.82) is 0 Å². The molecule has 0 radical (unpaired) electrons. The lowest BCUT2D eigenvalue weighted by atomic mass is 10.4. The zero-order valence-electron chi connectivity index (χ0n) is 6.92. The van der Waals surface area contributed by atoms with Crippen LogP contribution in [0.25, 0.3) is 0 Å². The van der Waals surface area contributed by atoms with Crippen LogP contribution in [0.2, 0.25) is 0 Å². The Bertz CT molecular complexity index is 170. The maximum absolute atomic E-state index is 11.2. The largest absolute Gasteiger partial charge is 0.229 e. The highest BCUT2D eigenvalue weighted by Gasteiger charge is 2.16. The number of rotatable bonds is 4. The van der Waals surface area contributed by atoms with Crippen LogP contribution in [0, 0.1) is 0 Å². The Hall–Kier alpha value is -0.0500. The van der Waals surface area contributed by atoms with Crippen molar-refractivity contribution in [3.05, 3.63) is 0 Å². The minimum atomic E-state index is -2.76. The monoisotopic (exact) mass is 164 g/mol. The molecule has 0 fully saturated rings. The van der Waals surface area contributed by atoms with Gasteiger partial charge in [-0.15, -0.1) is 0 Å². The molecule has 0 heterocycles. The minimum Gasteiger partial charge on any atom is -0.229 e. The summed E-state index contributed by atoms with van der Waals surface area (Å²) in [5.74, 6) is 0.335. The molecule has 0 aromatic rings. The van der Waals surface area contributed by atoms with E-state index in [1.807, 2.05) is 13.8 Å². The maximum Gasteiger partial charge on any atom is 0.152 e. The molecular weight excluding hydrogens is 148 g/mol. The summed E-state index contributed by atoms with van der Waals surface area (Å²) >= 11 is 0. The van der Waals surface area contributed by atoms with Crippen molar-refractivity contribution < 1.29 is 8.42 Å². The van der Waals surface area contributed by atoms with Crippen molar-refractivity contribution in [3.63, 3.8) is 0 Å². The van der Waals surface area contributed by atoms with E-state index in [1.165, 1.54) is 0 Å². The van der Waals surface area contributed by atoms with Gasteiger partial charge in [0.25, 0.3) is 0 Å². The van der Waals surface area contributed by atoms with Crippen LogP contribution in [-0.4, -0.2) is 19.4 Å². The van der Waals surface area contributed by atoms with E-state index >= 15 is 0 Å². The topological polar surface area (TPSA) is 34.1 Å². The standard InChI is InChI=1S/C7H16O2S/c1-4-6-10(8,9)7(3)5-2/h7H,4-6H2,1-3H3. The summed E-state index contributed by atoms with van der Waals surface area (Å²) in [6, 6.07) is 0. The molecule has 0 aliphatic carbocycles. The highest BCUT2D eigenvalue weighted by molar-refractivity contribution is 7.91. The van der Waals surface area contributed by atoms with Gasteiger partial charge in [-0.05, 0) is 19.8 Å². The van der Waals surface area contributed by atoms with Crippen molar-refractivity contribution >= 4 is 9.84 Å².